The molecule has 1 heterocycles. The molecule has 0 spiro atoms. The molecule has 0 fully saturated rings. The van der Waals surface area contributed by atoms with Crippen molar-refractivity contribution < 1.29 is 13.2 Å². The molecule has 2 nitrogen and oxygen atoms in total. The van der Waals surface area contributed by atoms with E-state index in [0.717, 1.165) is 30.6 Å². The van der Waals surface area contributed by atoms with Crippen LogP contribution in [0.5, 0.6) is 0 Å². The maximum absolute atomic E-state index is 12.5. The number of hydrogen-bond donors (Lipinski definition) is 1. The lowest BCUT2D eigenvalue weighted by Crippen LogP contribution is -2.34. The van der Waals surface area contributed by atoms with Crippen molar-refractivity contribution in [3.63, 3.8) is 0 Å². The van der Waals surface area contributed by atoms with Gasteiger partial charge < -0.3 is 5.32 Å². The van der Waals surface area contributed by atoms with Crippen LogP contribution in [0.15, 0.2) is 18.2 Å². The van der Waals surface area contributed by atoms with Crippen molar-refractivity contribution in [1.29, 1.82) is 0 Å². The van der Waals surface area contributed by atoms with E-state index in [1.807, 2.05) is 25.1 Å². The number of halogens is 3. The van der Waals surface area contributed by atoms with E-state index >= 15 is 0 Å². The first-order valence-corrected chi connectivity index (χ1v) is 6.62. The van der Waals surface area contributed by atoms with Crippen LogP contribution < -0.4 is 5.32 Å². The standard InChI is InChI=1S/C14H19F3N2/c1-2-7-19(10-14(15,16)17)9-11-3-4-12-5-6-18-13(12)8-11/h3-4,8,18H,2,5-7,9-10H2,1H3. The zero-order valence-corrected chi connectivity index (χ0v) is 11.1. The van der Waals surface area contributed by atoms with Gasteiger partial charge in [-0.05, 0) is 36.6 Å². The summed E-state index contributed by atoms with van der Waals surface area (Å²) in [7, 11) is 0. The average Bonchev–Trinajstić information content (AvgIpc) is 2.74. The minimum Gasteiger partial charge on any atom is -0.384 e. The van der Waals surface area contributed by atoms with Crippen LogP contribution in [0, 0.1) is 0 Å². The van der Waals surface area contributed by atoms with Gasteiger partial charge in [-0.1, -0.05) is 19.1 Å². The summed E-state index contributed by atoms with van der Waals surface area (Å²) in [6, 6.07) is 5.93. The lowest BCUT2D eigenvalue weighted by molar-refractivity contribution is -0.147. The van der Waals surface area contributed by atoms with Crippen LogP contribution in [-0.2, 0) is 13.0 Å². The average molecular weight is 272 g/mol. The van der Waals surface area contributed by atoms with Gasteiger partial charge >= 0.3 is 6.18 Å². The van der Waals surface area contributed by atoms with Crippen molar-refractivity contribution in [2.45, 2.75) is 32.5 Å². The first-order chi connectivity index (χ1) is 8.98. The van der Waals surface area contributed by atoms with Gasteiger partial charge in [-0.3, -0.25) is 4.90 Å². The molecule has 1 aliphatic rings. The van der Waals surface area contributed by atoms with Crippen molar-refractivity contribution in [3.05, 3.63) is 29.3 Å². The van der Waals surface area contributed by atoms with E-state index < -0.39 is 12.7 Å². The van der Waals surface area contributed by atoms with Crippen molar-refractivity contribution in [2.75, 3.05) is 25.0 Å². The van der Waals surface area contributed by atoms with Gasteiger partial charge in [0.15, 0.2) is 0 Å². The molecule has 0 aromatic heterocycles. The Kier molecular flexibility index (Phi) is 4.34. The smallest absolute Gasteiger partial charge is 0.384 e. The number of alkyl halides is 3. The lowest BCUT2D eigenvalue weighted by atomic mass is 10.1. The second-order valence-electron chi connectivity index (χ2n) is 4.99. The highest BCUT2D eigenvalue weighted by Crippen LogP contribution is 2.25. The van der Waals surface area contributed by atoms with Gasteiger partial charge in [0.1, 0.15) is 0 Å². The molecule has 0 bridgehead atoms. The Morgan fingerprint density at radius 2 is 2.11 bits per heavy atom. The zero-order valence-electron chi connectivity index (χ0n) is 11.1. The molecule has 1 aromatic carbocycles. The van der Waals surface area contributed by atoms with Gasteiger partial charge in [0.25, 0.3) is 0 Å². The maximum Gasteiger partial charge on any atom is 0.401 e. The highest BCUT2D eigenvalue weighted by molar-refractivity contribution is 5.56. The number of anilines is 1. The van der Waals surface area contributed by atoms with Gasteiger partial charge in [-0.2, -0.15) is 13.2 Å². The van der Waals surface area contributed by atoms with E-state index in [0.29, 0.717) is 13.1 Å². The zero-order chi connectivity index (χ0) is 13.9. The van der Waals surface area contributed by atoms with Crippen molar-refractivity contribution in [3.8, 4) is 0 Å². The quantitative estimate of drug-likeness (QED) is 0.883. The molecule has 5 heteroatoms. The van der Waals surface area contributed by atoms with Crippen LogP contribution in [0.1, 0.15) is 24.5 Å². The van der Waals surface area contributed by atoms with Crippen molar-refractivity contribution in [1.82, 2.24) is 4.90 Å². The van der Waals surface area contributed by atoms with Crippen LogP contribution in [0.2, 0.25) is 0 Å². The number of rotatable bonds is 5. The molecule has 0 radical (unpaired) electrons. The molecular formula is C14H19F3N2. The monoisotopic (exact) mass is 272 g/mol. The summed E-state index contributed by atoms with van der Waals surface area (Å²) in [5.41, 5.74) is 3.26. The number of nitrogens with one attached hydrogen (secondary N) is 1. The Balaban J connectivity index is 2.04. The second kappa shape index (κ2) is 5.82. The molecule has 1 aliphatic heterocycles. The molecule has 106 valence electrons. The minimum absolute atomic E-state index is 0.350. The highest BCUT2D eigenvalue weighted by atomic mass is 19.4. The Bertz CT molecular complexity index is 429. The molecule has 19 heavy (non-hydrogen) atoms. The van der Waals surface area contributed by atoms with E-state index in [2.05, 4.69) is 5.32 Å². The summed E-state index contributed by atoms with van der Waals surface area (Å²) in [5, 5.41) is 3.25. The molecule has 0 amide bonds. The largest absolute Gasteiger partial charge is 0.401 e. The number of fused-ring (bicyclic) bond motifs is 1. The van der Waals surface area contributed by atoms with Crippen LogP contribution in [0.4, 0.5) is 18.9 Å². The van der Waals surface area contributed by atoms with E-state index in [-0.39, 0.29) is 0 Å². The lowest BCUT2D eigenvalue weighted by Gasteiger charge is -2.23. The predicted molar refractivity (Wildman–Crippen MR) is 70.3 cm³/mol. The van der Waals surface area contributed by atoms with Crippen LogP contribution >= 0.6 is 0 Å². The van der Waals surface area contributed by atoms with Crippen molar-refractivity contribution >= 4 is 5.69 Å². The van der Waals surface area contributed by atoms with Gasteiger partial charge in [0.2, 0.25) is 0 Å². The molecule has 0 atom stereocenters. The van der Waals surface area contributed by atoms with Crippen molar-refractivity contribution in [2.24, 2.45) is 0 Å². The summed E-state index contributed by atoms with van der Waals surface area (Å²) in [6.45, 7) is 2.78. The van der Waals surface area contributed by atoms with E-state index in [1.54, 1.807) is 0 Å². The number of benzene rings is 1. The molecule has 0 saturated carbocycles. The summed E-state index contributed by atoms with van der Waals surface area (Å²) < 4.78 is 37.5. The summed E-state index contributed by atoms with van der Waals surface area (Å²) in [5.74, 6) is 0. The predicted octanol–water partition coefficient (Wildman–Crippen LogP) is 3.43. The Labute approximate surface area is 111 Å². The third-order valence-corrected chi connectivity index (χ3v) is 3.23. The fourth-order valence-electron chi connectivity index (χ4n) is 2.48. The topological polar surface area (TPSA) is 15.3 Å². The van der Waals surface area contributed by atoms with Crippen LogP contribution in [0.25, 0.3) is 0 Å². The van der Waals surface area contributed by atoms with Gasteiger partial charge in [-0.25, -0.2) is 0 Å². The van der Waals surface area contributed by atoms with Gasteiger partial charge in [0, 0.05) is 18.8 Å². The molecule has 1 N–H and O–H groups in total. The molecule has 0 aliphatic carbocycles. The second-order valence-corrected chi connectivity index (χ2v) is 4.99. The third kappa shape index (κ3) is 4.13. The fourth-order valence-corrected chi connectivity index (χ4v) is 2.48. The normalized spacial score (nSPS) is 14.6. The van der Waals surface area contributed by atoms with E-state index in [1.165, 1.54) is 10.5 Å². The maximum atomic E-state index is 12.5. The van der Waals surface area contributed by atoms with Gasteiger partial charge in [0.05, 0.1) is 6.54 Å². The Morgan fingerprint density at radius 3 is 2.79 bits per heavy atom. The molecular weight excluding hydrogens is 253 g/mol. The summed E-state index contributed by atoms with van der Waals surface area (Å²) in [6.07, 6.45) is -2.42. The Morgan fingerprint density at radius 1 is 1.32 bits per heavy atom. The SMILES string of the molecule is CCCN(Cc1ccc2c(c1)NCC2)CC(F)(F)F. The fraction of sp³-hybridized carbons (Fsp3) is 0.571. The summed E-state index contributed by atoms with van der Waals surface area (Å²) >= 11 is 0. The summed E-state index contributed by atoms with van der Waals surface area (Å²) in [4.78, 5) is 1.46. The molecule has 2 rings (SSSR count). The number of nitrogens with zero attached hydrogens (tertiary/aromatic N) is 1. The van der Waals surface area contributed by atoms with Crippen LogP contribution in [-0.4, -0.2) is 30.7 Å². The Hall–Kier alpha value is -1.23. The van der Waals surface area contributed by atoms with E-state index in [9.17, 15) is 13.2 Å². The molecule has 1 aromatic rings. The first kappa shape index (κ1) is 14.2. The number of hydrogen-bond acceptors (Lipinski definition) is 2. The first-order valence-electron chi connectivity index (χ1n) is 6.62. The third-order valence-electron chi connectivity index (χ3n) is 3.23. The van der Waals surface area contributed by atoms with E-state index in [4.69, 9.17) is 0 Å². The molecule has 0 saturated heterocycles. The van der Waals surface area contributed by atoms with Gasteiger partial charge in [-0.15, -0.1) is 0 Å². The minimum atomic E-state index is -4.13. The van der Waals surface area contributed by atoms with Crippen LogP contribution in [0.3, 0.4) is 0 Å². The highest BCUT2D eigenvalue weighted by Gasteiger charge is 2.30. The molecule has 0 unspecified atom stereocenters.